The zero-order chi connectivity index (χ0) is 21.7. The Bertz CT molecular complexity index is 871. The number of aliphatic hydroxyl groups excluding tert-OH is 2. The van der Waals surface area contributed by atoms with Crippen LogP contribution in [0.4, 0.5) is 0 Å². The summed E-state index contributed by atoms with van der Waals surface area (Å²) < 4.78 is 14.9. The first kappa shape index (κ1) is 21.9. The van der Waals surface area contributed by atoms with Crippen LogP contribution in [0, 0.1) is 27.7 Å². The number of benzene rings is 1. The zero-order valence-corrected chi connectivity index (χ0v) is 17.9. The Labute approximate surface area is 176 Å². The lowest BCUT2D eigenvalue weighted by Gasteiger charge is -2.15. The fourth-order valence-electron chi connectivity index (χ4n) is 3.24. The molecule has 3 aromatic rings. The molecular formula is C22H30N4O4. The molecule has 2 aromatic heterocycles. The van der Waals surface area contributed by atoms with Crippen LogP contribution in [0.2, 0.25) is 0 Å². The van der Waals surface area contributed by atoms with Gasteiger partial charge in [-0.15, -0.1) is 0 Å². The van der Waals surface area contributed by atoms with Crippen LogP contribution in [0.3, 0.4) is 0 Å². The van der Waals surface area contributed by atoms with Gasteiger partial charge in [0, 0.05) is 11.4 Å². The van der Waals surface area contributed by atoms with E-state index in [9.17, 15) is 10.2 Å². The lowest BCUT2D eigenvalue weighted by atomic mass is 10.3. The van der Waals surface area contributed by atoms with E-state index in [0.29, 0.717) is 24.6 Å². The molecule has 0 radical (unpaired) electrons. The van der Waals surface area contributed by atoms with Gasteiger partial charge in [-0.3, -0.25) is 9.36 Å². The molecule has 0 aliphatic carbocycles. The van der Waals surface area contributed by atoms with E-state index in [2.05, 4.69) is 10.2 Å². The van der Waals surface area contributed by atoms with Gasteiger partial charge in [0.15, 0.2) is 0 Å². The summed E-state index contributed by atoms with van der Waals surface area (Å²) in [6.07, 6.45) is -1.33. The maximum atomic E-state index is 10.2. The maximum Gasteiger partial charge on any atom is 0.119 e. The second-order valence-electron chi connectivity index (χ2n) is 7.62. The topological polar surface area (TPSA) is 94.6 Å². The van der Waals surface area contributed by atoms with Crippen molar-refractivity contribution in [2.45, 2.75) is 53.0 Å². The third-order valence-corrected chi connectivity index (χ3v) is 4.68. The Morgan fingerprint density at radius 3 is 1.40 bits per heavy atom. The van der Waals surface area contributed by atoms with Crippen LogP contribution in [0.1, 0.15) is 22.8 Å². The summed E-state index contributed by atoms with van der Waals surface area (Å²) in [4.78, 5) is 0. The zero-order valence-electron chi connectivity index (χ0n) is 17.9. The standard InChI is InChI=1S/C22H30N4O4/c1-15-9-17(3)25(23-15)11-19(27)13-29-21-5-7-22(8-6-21)30-14-20(28)12-26-18(4)10-16(2)24-26/h5-10,19-20,27-28H,11-14H2,1-4H3/t19-,20-/m1/s1. The van der Waals surface area contributed by atoms with Crippen molar-refractivity contribution < 1.29 is 19.7 Å². The molecule has 0 saturated carbocycles. The number of hydrogen-bond donors (Lipinski definition) is 2. The number of aliphatic hydroxyl groups is 2. The van der Waals surface area contributed by atoms with Gasteiger partial charge in [-0.2, -0.15) is 10.2 Å². The van der Waals surface area contributed by atoms with Crippen LogP contribution in [0.15, 0.2) is 36.4 Å². The molecule has 0 bridgehead atoms. The van der Waals surface area contributed by atoms with Crippen molar-refractivity contribution in [1.29, 1.82) is 0 Å². The van der Waals surface area contributed by atoms with Gasteiger partial charge in [0.25, 0.3) is 0 Å². The van der Waals surface area contributed by atoms with Crippen molar-refractivity contribution in [1.82, 2.24) is 19.6 Å². The second-order valence-corrected chi connectivity index (χ2v) is 7.62. The Balaban J connectivity index is 1.42. The highest BCUT2D eigenvalue weighted by atomic mass is 16.5. The van der Waals surface area contributed by atoms with E-state index < -0.39 is 12.2 Å². The molecule has 0 unspecified atom stereocenters. The van der Waals surface area contributed by atoms with Crippen molar-refractivity contribution in [3.63, 3.8) is 0 Å². The number of aromatic nitrogens is 4. The summed E-state index contributed by atoms with van der Waals surface area (Å²) in [6.45, 7) is 8.87. The fraction of sp³-hybridized carbons (Fsp3) is 0.455. The minimum atomic E-state index is -0.663. The van der Waals surface area contributed by atoms with Gasteiger partial charge in [0.2, 0.25) is 0 Å². The van der Waals surface area contributed by atoms with Crippen LogP contribution in [0.5, 0.6) is 11.5 Å². The highest BCUT2D eigenvalue weighted by Gasteiger charge is 2.11. The molecule has 1 aromatic carbocycles. The third kappa shape index (κ3) is 6.08. The highest BCUT2D eigenvalue weighted by Crippen LogP contribution is 2.18. The van der Waals surface area contributed by atoms with Crippen molar-refractivity contribution in [3.8, 4) is 11.5 Å². The Morgan fingerprint density at radius 2 is 1.10 bits per heavy atom. The molecule has 30 heavy (non-hydrogen) atoms. The number of ether oxygens (including phenoxy) is 2. The summed E-state index contributed by atoms with van der Waals surface area (Å²) in [7, 11) is 0. The Kier molecular flexibility index (Phi) is 7.12. The smallest absolute Gasteiger partial charge is 0.119 e. The molecule has 0 amide bonds. The molecule has 0 aliphatic rings. The summed E-state index contributed by atoms with van der Waals surface area (Å²) in [5.41, 5.74) is 3.87. The SMILES string of the molecule is Cc1cc(C)n(C[C@@H](O)COc2ccc(OC[C@H](O)Cn3nc(C)cc3C)cc2)n1. The van der Waals surface area contributed by atoms with Crippen LogP contribution in [-0.4, -0.2) is 55.2 Å². The molecule has 2 heterocycles. The molecule has 0 aliphatic heterocycles. The van der Waals surface area contributed by atoms with E-state index >= 15 is 0 Å². The molecule has 2 N–H and O–H groups in total. The lowest BCUT2D eigenvalue weighted by Crippen LogP contribution is -2.25. The Hall–Kier alpha value is -2.84. The molecule has 3 rings (SSSR count). The average Bonchev–Trinajstić information content (AvgIpc) is 3.18. The van der Waals surface area contributed by atoms with Crippen molar-refractivity contribution in [2.75, 3.05) is 13.2 Å². The molecule has 0 fully saturated rings. The second kappa shape index (κ2) is 9.77. The molecule has 162 valence electrons. The van der Waals surface area contributed by atoms with E-state index in [4.69, 9.17) is 9.47 Å². The predicted octanol–water partition coefficient (Wildman–Crippen LogP) is 2.19. The van der Waals surface area contributed by atoms with Crippen LogP contribution >= 0.6 is 0 Å². The van der Waals surface area contributed by atoms with Crippen molar-refractivity contribution in [2.24, 2.45) is 0 Å². The van der Waals surface area contributed by atoms with E-state index in [0.717, 1.165) is 22.8 Å². The van der Waals surface area contributed by atoms with Gasteiger partial charge in [0.05, 0.1) is 24.5 Å². The Morgan fingerprint density at radius 1 is 0.733 bits per heavy atom. The fourth-order valence-corrected chi connectivity index (χ4v) is 3.24. The molecule has 8 heteroatoms. The van der Waals surface area contributed by atoms with Crippen LogP contribution < -0.4 is 9.47 Å². The lowest BCUT2D eigenvalue weighted by molar-refractivity contribution is 0.0869. The monoisotopic (exact) mass is 414 g/mol. The molecule has 0 spiro atoms. The van der Waals surface area contributed by atoms with Gasteiger partial charge in [-0.25, -0.2) is 0 Å². The summed E-state index contributed by atoms with van der Waals surface area (Å²) in [5.74, 6) is 1.27. The van der Waals surface area contributed by atoms with E-state index in [1.165, 1.54) is 0 Å². The molecule has 8 nitrogen and oxygen atoms in total. The van der Waals surface area contributed by atoms with Gasteiger partial charge in [0.1, 0.15) is 36.9 Å². The minimum Gasteiger partial charge on any atom is -0.491 e. The van der Waals surface area contributed by atoms with E-state index in [1.54, 1.807) is 33.6 Å². The minimum absolute atomic E-state index is 0.167. The van der Waals surface area contributed by atoms with Crippen molar-refractivity contribution in [3.05, 3.63) is 59.2 Å². The summed E-state index contributed by atoms with van der Waals surface area (Å²) in [5, 5.41) is 29.1. The normalized spacial score (nSPS) is 13.3. The average molecular weight is 415 g/mol. The summed E-state index contributed by atoms with van der Waals surface area (Å²) in [6, 6.07) is 11.1. The largest absolute Gasteiger partial charge is 0.491 e. The number of rotatable bonds is 10. The third-order valence-electron chi connectivity index (χ3n) is 4.68. The van der Waals surface area contributed by atoms with E-state index in [-0.39, 0.29) is 13.2 Å². The van der Waals surface area contributed by atoms with Gasteiger partial charge in [-0.05, 0) is 64.1 Å². The molecular weight excluding hydrogens is 384 g/mol. The van der Waals surface area contributed by atoms with E-state index in [1.807, 2.05) is 39.8 Å². The van der Waals surface area contributed by atoms with Crippen LogP contribution in [-0.2, 0) is 13.1 Å². The molecule has 2 atom stereocenters. The van der Waals surface area contributed by atoms with Gasteiger partial charge < -0.3 is 19.7 Å². The quantitative estimate of drug-likeness (QED) is 0.528. The number of hydrogen-bond acceptors (Lipinski definition) is 6. The highest BCUT2D eigenvalue weighted by molar-refractivity contribution is 5.31. The van der Waals surface area contributed by atoms with Crippen molar-refractivity contribution >= 4 is 0 Å². The first-order chi connectivity index (χ1) is 14.3. The maximum absolute atomic E-state index is 10.2. The van der Waals surface area contributed by atoms with Gasteiger partial charge >= 0.3 is 0 Å². The predicted molar refractivity (Wildman–Crippen MR) is 113 cm³/mol. The molecule has 0 saturated heterocycles. The first-order valence-corrected chi connectivity index (χ1v) is 10.0. The first-order valence-electron chi connectivity index (χ1n) is 10.0. The number of aryl methyl sites for hydroxylation is 4. The summed E-state index contributed by atoms with van der Waals surface area (Å²) >= 11 is 0. The van der Waals surface area contributed by atoms with Crippen LogP contribution in [0.25, 0.3) is 0 Å². The number of nitrogens with zero attached hydrogens (tertiary/aromatic N) is 4. The van der Waals surface area contributed by atoms with Gasteiger partial charge in [-0.1, -0.05) is 0 Å².